The van der Waals surface area contributed by atoms with Crippen molar-refractivity contribution < 1.29 is 9.47 Å². The Bertz CT molecular complexity index is 113. The molecule has 2 saturated heterocycles. The Hall–Kier alpha value is 0.270. The highest BCUT2D eigenvalue weighted by Gasteiger charge is 2.40. The molecule has 0 aromatic rings. The minimum absolute atomic E-state index is 0.358. The van der Waals surface area contributed by atoms with Crippen LogP contribution in [0, 0.1) is 0 Å². The topological polar surface area (TPSA) is 18.5 Å². The summed E-state index contributed by atoms with van der Waals surface area (Å²) in [5.74, 6) is 1.24. The fourth-order valence-electron chi connectivity index (χ4n) is 1.25. The van der Waals surface area contributed by atoms with E-state index in [0.717, 1.165) is 26.4 Å². The van der Waals surface area contributed by atoms with Gasteiger partial charge >= 0.3 is 0 Å². The van der Waals surface area contributed by atoms with Crippen LogP contribution in [0.2, 0.25) is 0 Å². The molecule has 0 saturated carbocycles. The number of rotatable bonds is 0. The summed E-state index contributed by atoms with van der Waals surface area (Å²) in [4.78, 5) is 0. The molecule has 2 nitrogen and oxygen atoms in total. The summed E-state index contributed by atoms with van der Waals surface area (Å²) in [6.07, 6.45) is 1.20. The lowest BCUT2D eigenvalue weighted by atomic mass is 10.1. The SMILES string of the molecule is C1COCC2(COC2)SC1. The Kier molecular flexibility index (Phi) is 1.89. The van der Waals surface area contributed by atoms with E-state index in [1.807, 2.05) is 11.8 Å². The van der Waals surface area contributed by atoms with Crippen LogP contribution < -0.4 is 0 Å². The monoisotopic (exact) mass is 160 g/mol. The molecule has 3 heteroatoms. The third-order valence-corrected chi connectivity index (χ3v) is 3.40. The van der Waals surface area contributed by atoms with Crippen LogP contribution in [-0.2, 0) is 9.47 Å². The van der Waals surface area contributed by atoms with E-state index < -0.39 is 0 Å². The Balaban J connectivity index is 1.92. The summed E-state index contributed by atoms with van der Waals surface area (Å²) in [7, 11) is 0. The Labute approximate surface area is 65.3 Å². The molecule has 2 heterocycles. The molecule has 0 radical (unpaired) electrons. The van der Waals surface area contributed by atoms with Crippen molar-refractivity contribution in [1.29, 1.82) is 0 Å². The van der Waals surface area contributed by atoms with Gasteiger partial charge in [0.1, 0.15) is 0 Å². The summed E-state index contributed by atoms with van der Waals surface area (Å²) in [6.45, 7) is 3.64. The van der Waals surface area contributed by atoms with Crippen molar-refractivity contribution >= 4 is 11.8 Å². The third-order valence-electron chi connectivity index (χ3n) is 1.94. The molecule has 0 unspecified atom stereocenters. The Morgan fingerprint density at radius 1 is 1.10 bits per heavy atom. The van der Waals surface area contributed by atoms with Crippen LogP contribution in [0.1, 0.15) is 6.42 Å². The number of hydrogen-bond donors (Lipinski definition) is 0. The van der Waals surface area contributed by atoms with E-state index in [-0.39, 0.29) is 0 Å². The molecular weight excluding hydrogens is 148 g/mol. The Morgan fingerprint density at radius 3 is 2.60 bits per heavy atom. The molecule has 2 fully saturated rings. The zero-order valence-electron chi connectivity index (χ0n) is 5.97. The van der Waals surface area contributed by atoms with Crippen LogP contribution >= 0.6 is 11.8 Å². The molecule has 58 valence electrons. The standard InChI is InChI=1S/C7H12O2S/c1-2-8-4-7(10-3-1)5-9-6-7/h1-6H2. The first-order valence-corrected chi connectivity index (χ1v) is 4.69. The van der Waals surface area contributed by atoms with Crippen molar-refractivity contribution in [2.45, 2.75) is 11.2 Å². The van der Waals surface area contributed by atoms with E-state index in [2.05, 4.69) is 0 Å². The van der Waals surface area contributed by atoms with Gasteiger partial charge in [0.15, 0.2) is 0 Å². The second kappa shape index (κ2) is 2.72. The average molecular weight is 160 g/mol. The van der Waals surface area contributed by atoms with Crippen LogP contribution in [0.4, 0.5) is 0 Å². The largest absolute Gasteiger partial charge is 0.380 e. The number of hydrogen-bond acceptors (Lipinski definition) is 3. The highest BCUT2D eigenvalue weighted by atomic mass is 32.2. The first kappa shape index (κ1) is 6.95. The van der Waals surface area contributed by atoms with E-state index in [4.69, 9.17) is 9.47 Å². The van der Waals surface area contributed by atoms with Crippen LogP contribution in [-0.4, -0.2) is 36.9 Å². The smallest absolute Gasteiger partial charge is 0.0858 e. The molecule has 0 N–H and O–H groups in total. The zero-order valence-corrected chi connectivity index (χ0v) is 6.78. The van der Waals surface area contributed by atoms with Gasteiger partial charge < -0.3 is 9.47 Å². The van der Waals surface area contributed by atoms with Gasteiger partial charge in [-0.25, -0.2) is 0 Å². The minimum Gasteiger partial charge on any atom is -0.380 e. The molecule has 2 rings (SSSR count). The van der Waals surface area contributed by atoms with Crippen molar-refractivity contribution in [3.63, 3.8) is 0 Å². The van der Waals surface area contributed by atoms with Gasteiger partial charge in [-0.15, -0.1) is 11.8 Å². The van der Waals surface area contributed by atoms with Crippen LogP contribution in [0.15, 0.2) is 0 Å². The van der Waals surface area contributed by atoms with E-state index >= 15 is 0 Å². The number of thioether (sulfide) groups is 1. The third kappa shape index (κ3) is 1.18. The predicted octanol–water partition coefficient (Wildman–Crippen LogP) is 0.909. The summed E-state index contributed by atoms with van der Waals surface area (Å²) >= 11 is 2.02. The van der Waals surface area contributed by atoms with Crippen molar-refractivity contribution in [3.8, 4) is 0 Å². The second-order valence-electron chi connectivity index (χ2n) is 2.93. The quantitative estimate of drug-likeness (QED) is 0.525. The van der Waals surface area contributed by atoms with Crippen molar-refractivity contribution in [2.24, 2.45) is 0 Å². The fourth-order valence-corrected chi connectivity index (χ4v) is 2.44. The molecular formula is C7H12O2S. The van der Waals surface area contributed by atoms with Gasteiger partial charge in [-0.1, -0.05) is 0 Å². The average Bonchev–Trinajstić information content (AvgIpc) is 2.08. The van der Waals surface area contributed by atoms with Crippen LogP contribution in [0.25, 0.3) is 0 Å². The zero-order chi connectivity index (χ0) is 6.86. The summed E-state index contributed by atoms with van der Waals surface area (Å²) in [5.41, 5.74) is 0. The van der Waals surface area contributed by atoms with Crippen LogP contribution in [0.5, 0.6) is 0 Å². The van der Waals surface area contributed by atoms with Crippen molar-refractivity contribution in [2.75, 3.05) is 32.2 Å². The maximum atomic E-state index is 5.45. The molecule has 0 atom stereocenters. The molecule has 2 aliphatic heterocycles. The van der Waals surface area contributed by atoms with Gasteiger partial charge in [-0.05, 0) is 12.2 Å². The highest BCUT2D eigenvalue weighted by molar-refractivity contribution is 8.00. The molecule has 0 aromatic heterocycles. The van der Waals surface area contributed by atoms with E-state index in [9.17, 15) is 0 Å². The van der Waals surface area contributed by atoms with Gasteiger partial charge in [-0.3, -0.25) is 0 Å². The van der Waals surface area contributed by atoms with Crippen molar-refractivity contribution in [3.05, 3.63) is 0 Å². The van der Waals surface area contributed by atoms with Gasteiger partial charge in [0.25, 0.3) is 0 Å². The van der Waals surface area contributed by atoms with Gasteiger partial charge in [0.2, 0.25) is 0 Å². The van der Waals surface area contributed by atoms with Gasteiger partial charge in [-0.2, -0.15) is 0 Å². The minimum atomic E-state index is 0.358. The van der Waals surface area contributed by atoms with E-state index in [1.165, 1.54) is 12.2 Å². The van der Waals surface area contributed by atoms with Gasteiger partial charge in [0, 0.05) is 6.61 Å². The molecule has 1 spiro atoms. The summed E-state index contributed by atoms with van der Waals surface area (Å²) in [6, 6.07) is 0. The molecule has 2 aliphatic rings. The lowest BCUT2D eigenvalue weighted by molar-refractivity contribution is -0.0461. The van der Waals surface area contributed by atoms with Crippen molar-refractivity contribution in [1.82, 2.24) is 0 Å². The fraction of sp³-hybridized carbons (Fsp3) is 1.00. The van der Waals surface area contributed by atoms with E-state index in [1.54, 1.807) is 0 Å². The normalized spacial score (nSPS) is 31.2. The van der Waals surface area contributed by atoms with Crippen LogP contribution in [0.3, 0.4) is 0 Å². The lowest BCUT2D eigenvalue weighted by Crippen LogP contribution is -2.49. The first-order valence-electron chi connectivity index (χ1n) is 3.71. The molecule has 0 aromatic carbocycles. The van der Waals surface area contributed by atoms with E-state index in [0.29, 0.717) is 4.75 Å². The lowest BCUT2D eigenvalue weighted by Gasteiger charge is -2.39. The second-order valence-corrected chi connectivity index (χ2v) is 4.49. The maximum Gasteiger partial charge on any atom is 0.0858 e. The van der Waals surface area contributed by atoms with Gasteiger partial charge in [0.05, 0.1) is 24.6 Å². The molecule has 0 amide bonds. The summed E-state index contributed by atoms with van der Waals surface area (Å²) < 4.78 is 11.0. The molecule has 10 heavy (non-hydrogen) atoms. The first-order chi connectivity index (χ1) is 4.91. The molecule has 0 bridgehead atoms. The maximum absolute atomic E-state index is 5.45. The molecule has 0 aliphatic carbocycles. The summed E-state index contributed by atoms with van der Waals surface area (Å²) in [5, 5.41) is 0. The predicted molar refractivity (Wildman–Crippen MR) is 41.4 cm³/mol. The Morgan fingerprint density at radius 2 is 1.90 bits per heavy atom. The number of ether oxygens (including phenoxy) is 2. The highest BCUT2D eigenvalue weighted by Crippen LogP contribution is 2.35.